The Balaban J connectivity index is 1.59. The molecule has 0 aliphatic carbocycles. The summed E-state index contributed by atoms with van der Waals surface area (Å²) in [6.07, 6.45) is 3.09. The maximum absolute atomic E-state index is 13.0. The highest BCUT2D eigenvalue weighted by molar-refractivity contribution is 7.92. The van der Waals surface area contributed by atoms with Crippen molar-refractivity contribution in [1.29, 1.82) is 0 Å². The zero-order chi connectivity index (χ0) is 23.6. The van der Waals surface area contributed by atoms with Crippen molar-refractivity contribution >= 4 is 27.3 Å². The highest BCUT2D eigenvalue weighted by atomic mass is 32.2. The van der Waals surface area contributed by atoms with Crippen molar-refractivity contribution in [2.75, 3.05) is 10.0 Å². The lowest BCUT2D eigenvalue weighted by Gasteiger charge is -2.08. The van der Waals surface area contributed by atoms with Crippen molar-refractivity contribution in [3.63, 3.8) is 0 Å². The molecule has 33 heavy (non-hydrogen) atoms. The molecule has 2 aromatic carbocycles. The predicted octanol–water partition coefficient (Wildman–Crippen LogP) is 2.93. The number of benzene rings is 2. The molecule has 0 aliphatic rings. The summed E-state index contributed by atoms with van der Waals surface area (Å²) in [5.74, 6) is -0.399. The van der Waals surface area contributed by atoms with Crippen molar-refractivity contribution in [2.45, 2.75) is 11.8 Å². The number of carbonyl (C=O) groups is 1. The number of sulfonamides is 1. The Labute approximate surface area is 190 Å². The average molecular weight is 464 g/mol. The number of hydrogen-bond donors (Lipinski definition) is 2. The smallest absolute Gasteiger partial charge is 0.296 e. The van der Waals surface area contributed by atoms with Crippen molar-refractivity contribution < 1.29 is 13.2 Å². The maximum Gasteiger partial charge on any atom is 0.296 e. The number of carbonyl (C=O) groups excluding carboxylic acids is 1. The van der Waals surface area contributed by atoms with E-state index in [2.05, 4.69) is 15.0 Å². The van der Waals surface area contributed by atoms with Gasteiger partial charge in [-0.2, -0.15) is 0 Å². The first kappa shape index (κ1) is 22.0. The summed E-state index contributed by atoms with van der Waals surface area (Å²) in [4.78, 5) is 29.2. The van der Waals surface area contributed by atoms with Gasteiger partial charge in [-0.25, -0.2) is 13.1 Å². The van der Waals surface area contributed by atoms with Gasteiger partial charge in [0.15, 0.2) is 0 Å². The van der Waals surface area contributed by atoms with Crippen LogP contribution in [-0.4, -0.2) is 28.7 Å². The fraction of sp³-hybridized carbons (Fsp3) is 0.0870. The molecule has 2 heterocycles. The van der Waals surface area contributed by atoms with Gasteiger partial charge in [0, 0.05) is 18.8 Å². The number of amides is 1. The van der Waals surface area contributed by atoms with Crippen LogP contribution in [0.4, 0.5) is 11.4 Å². The van der Waals surface area contributed by atoms with Crippen molar-refractivity contribution in [1.82, 2.24) is 14.3 Å². The third-order valence-electron chi connectivity index (χ3n) is 5.14. The molecular formula is C23H21N5O4S. The summed E-state index contributed by atoms with van der Waals surface area (Å²) in [7, 11) is -2.39. The molecule has 0 bridgehead atoms. The third kappa shape index (κ3) is 4.41. The van der Waals surface area contributed by atoms with Crippen LogP contribution < -0.4 is 15.6 Å². The Bertz CT molecular complexity index is 1460. The first-order valence-electron chi connectivity index (χ1n) is 9.96. The van der Waals surface area contributed by atoms with E-state index in [4.69, 9.17) is 0 Å². The van der Waals surface area contributed by atoms with Gasteiger partial charge in [-0.1, -0.05) is 18.2 Å². The second-order valence-corrected chi connectivity index (χ2v) is 8.94. The Kier molecular flexibility index (Phi) is 5.84. The number of nitrogens with zero attached hydrogens (tertiary/aromatic N) is 3. The third-order valence-corrected chi connectivity index (χ3v) is 6.50. The summed E-state index contributed by atoms with van der Waals surface area (Å²) < 4.78 is 31.3. The molecule has 0 saturated carbocycles. The van der Waals surface area contributed by atoms with Crippen LogP contribution in [0.25, 0.3) is 5.69 Å². The van der Waals surface area contributed by atoms with Crippen LogP contribution in [0.3, 0.4) is 0 Å². The number of pyridine rings is 1. The van der Waals surface area contributed by atoms with Gasteiger partial charge in [-0.05, 0) is 55.5 Å². The van der Waals surface area contributed by atoms with Gasteiger partial charge in [0.05, 0.1) is 28.2 Å². The topological polar surface area (TPSA) is 115 Å². The number of nitrogens with one attached hydrogen (secondary N) is 2. The van der Waals surface area contributed by atoms with E-state index in [9.17, 15) is 18.0 Å². The molecule has 10 heteroatoms. The minimum Gasteiger partial charge on any atom is -0.321 e. The Hall–Kier alpha value is -4.18. The van der Waals surface area contributed by atoms with E-state index >= 15 is 0 Å². The molecule has 0 radical (unpaired) electrons. The molecule has 0 spiro atoms. The Morgan fingerprint density at radius 2 is 1.67 bits per heavy atom. The normalized spacial score (nSPS) is 11.2. The molecule has 0 fully saturated rings. The summed E-state index contributed by atoms with van der Waals surface area (Å²) in [5, 5.41) is 2.68. The molecule has 0 atom stereocenters. The van der Waals surface area contributed by atoms with Crippen LogP contribution in [-0.2, 0) is 17.1 Å². The highest BCUT2D eigenvalue weighted by Crippen LogP contribution is 2.19. The van der Waals surface area contributed by atoms with E-state index < -0.39 is 21.5 Å². The minimum absolute atomic E-state index is 0.0419. The number of rotatable bonds is 6. The molecule has 0 unspecified atom stereocenters. The number of para-hydroxylation sites is 1. The fourth-order valence-corrected chi connectivity index (χ4v) is 4.42. The van der Waals surface area contributed by atoms with Crippen LogP contribution >= 0.6 is 0 Å². The molecule has 2 aromatic heterocycles. The lowest BCUT2D eigenvalue weighted by Crippen LogP contribution is -2.23. The van der Waals surface area contributed by atoms with Crippen LogP contribution in [0.5, 0.6) is 0 Å². The van der Waals surface area contributed by atoms with Crippen LogP contribution in [0, 0.1) is 6.92 Å². The fourth-order valence-electron chi connectivity index (χ4n) is 3.30. The molecule has 2 N–H and O–H groups in total. The van der Waals surface area contributed by atoms with Crippen LogP contribution in [0.1, 0.15) is 16.1 Å². The van der Waals surface area contributed by atoms with Gasteiger partial charge < -0.3 is 5.32 Å². The second-order valence-electron chi connectivity index (χ2n) is 7.26. The quantitative estimate of drug-likeness (QED) is 0.456. The van der Waals surface area contributed by atoms with E-state index in [1.165, 1.54) is 35.1 Å². The predicted molar refractivity (Wildman–Crippen MR) is 125 cm³/mol. The van der Waals surface area contributed by atoms with E-state index in [0.29, 0.717) is 17.1 Å². The maximum atomic E-state index is 13.0. The van der Waals surface area contributed by atoms with Gasteiger partial charge in [0.1, 0.15) is 5.69 Å². The van der Waals surface area contributed by atoms with Gasteiger partial charge in [-0.15, -0.1) is 0 Å². The number of hydrogen-bond acceptors (Lipinski definition) is 5. The molecule has 4 aromatic rings. The van der Waals surface area contributed by atoms with Crippen molar-refractivity contribution in [2.24, 2.45) is 7.05 Å². The van der Waals surface area contributed by atoms with Crippen molar-refractivity contribution in [3.8, 4) is 5.69 Å². The summed E-state index contributed by atoms with van der Waals surface area (Å²) in [6, 6.07) is 17.7. The van der Waals surface area contributed by atoms with E-state index in [-0.39, 0.29) is 16.1 Å². The Morgan fingerprint density at radius 3 is 2.30 bits per heavy atom. The summed E-state index contributed by atoms with van der Waals surface area (Å²) in [6.45, 7) is 1.66. The standard InChI is InChI=1S/C23H21N5O4S/c1-16-21(23(30)28(27(16)2)19-8-4-3-5-9-19)26-33(31,32)20-12-10-17(11-13-20)22(29)25-18-7-6-14-24-15-18/h3-15,26H,1-2H3,(H,25,29). The minimum atomic E-state index is -4.06. The van der Waals surface area contributed by atoms with Crippen LogP contribution in [0.15, 0.2) is 88.8 Å². The molecular weight excluding hydrogens is 442 g/mol. The van der Waals surface area contributed by atoms with E-state index in [0.717, 1.165) is 0 Å². The van der Waals surface area contributed by atoms with E-state index in [1.807, 2.05) is 6.07 Å². The lowest BCUT2D eigenvalue weighted by atomic mass is 10.2. The average Bonchev–Trinajstić information content (AvgIpc) is 3.03. The second kappa shape index (κ2) is 8.75. The van der Waals surface area contributed by atoms with Crippen LogP contribution in [0.2, 0.25) is 0 Å². The first-order valence-corrected chi connectivity index (χ1v) is 11.4. The zero-order valence-electron chi connectivity index (χ0n) is 17.9. The number of aromatic nitrogens is 3. The number of anilines is 2. The lowest BCUT2D eigenvalue weighted by molar-refractivity contribution is 0.102. The Morgan fingerprint density at radius 1 is 0.970 bits per heavy atom. The first-order chi connectivity index (χ1) is 15.8. The SMILES string of the molecule is Cc1c(NS(=O)(=O)c2ccc(C(=O)Nc3cccnc3)cc2)c(=O)n(-c2ccccc2)n1C. The molecule has 1 amide bonds. The molecule has 9 nitrogen and oxygen atoms in total. The monoisotopic (exact) mass is 463 g/mol. The molecule has 168 valence electrons. The van der Waals surface area contributed by atoms with Gasteiger partial charge in [0.2, 0.25) is 0 Å². The van der Waals surface area contributed by atoms with Gasteiger partial charge in [0.25, 0.3) is 21.5 Å². The van der Waals surface area contributed by atoms with Gasteiger partial charge >= 0.3 is 0 Å². The van der Waals surface area contributed by atoms with Crippen molar-refractivity contribution in [3.05, 3.63) is 101 Å². The van der Waals surface area contributed by atoms with E-state index in [1.54, 1.807) is 61.2 Å². The summed E-state index contributed by atoms with van der Waals surface area (Å²) >= 11 is 0. The van der Waals surface area contributed by atoms with Gasteiger partial charge in [-0.3, -0.25) is 24.0 Å². The highest BCUT2D eigenvalue weighted by Gasteiger charge is 2.22. The molecule has 0 aliphatic heterocycles. The molecule has 0 saturated heterocycles. The molecule has 4 rings (SSSR count). The zero-order valence-corrected chi connectivity index (χ0v) is 18.7. The largest absolute Gasteiger partial charge is 0.321 e. The summed E-state index contributed by atoms with van der Waals surface area (Å²) in [5.41, 5.74) is 1.34.